The van der Waals surface area contributed by atoms with Gasteiger partial charge in [-0.3, -0.25) is 4.68 Å². The van der Waals surface area contributed by atoms with Crippen molar-refractivity contribution < 1.29 is 0 Å². The van der Waals surface area contributed by atoms with Crippen molar-refractivity contribution in [3.05, 3.63) is 6.20 Å². The maximum atomic E-state index is 3.92. The Morgan fingerprint density at radius 1 is 1.67 bits per heavy atom. The average Bonchev–Trinajstić information content (AvgIpc) is 2.14. The molecule has 0 spiro atoms. The summed E-state index contributed by atoms with van der Waals surface area (Å²) in [5, 5.41) is 8.94. The van der Waals surface area contributed by atoms with Gasteiger partial charge in [-0.15, -0.1) is 5.10 Å². The summed E-state index contributed by atoms with van der Waals surface area (Å²) in [5.41, 5.74) is 0. The second-order valence-electron chi connectivity index (χ2n) is 2.43. The van der Waals surface area contributed by atoms with Crippen molar-refractivity contribution in [2.75, 3.05) is 0 Å². The van der Waals surface area contributed by atoms with E-state index in [2.05, 4.69) is 24.2 Å². The molecule has 4 heteroatoms. The molecule has 0 aromatic carbocycles. The molecule has 0 aliphatic rings. The third-order valence-electron chi connectivity index (χ3n) is 1.15. The lowest BCUT2D eigenvalue weighted by Crippen LogP contribution is -2.02. The van der Waals surface area contributed by atoms with E-state index in [-0.39, 0.29) is 0 Å². The van der Waals surface area contributed by atoms with Gasteiger partial charge in [-0.05, 0) is 13.8 Å². The molecule has 50 valence electrons. The number of hydrogen-bond donors (Lipinski definition) is 0. The van der Waals surface area contributed by atoms with Crippen LogP contribution in [-0.4, -0.2) is 25.2 Å². The molecule has 0 bridgehead atoms. The fourth-order valence-corrected chi connectivity index (χ4v) is 0.972. The van der Waals surface area contributed by atoms with Gasteiger partial charge in [0.2, 0.25) is 0 Å². The Morgan fingerprint density at radius 3 is 2.56 bits per heavy atom. The van der Waals surface area contributed by atoms with Crippen molar-refractivity contribution in [2.45, 2.75) is 19.9 Å². The Hall–Kier alpha value is -0.643. The van der Waals surface area contributed by atoms with Crippen molar-refractivity contribution in [1.82, 2.24) is 15.0 Å². The normalized spacial score (nSPS) is 11.0. The van der Waals surface area contributed by atoms with Crippen molar-refractivity contribution in [3.63, 3.8) is 0 Å². The highest BCUT2D eigenvalue weighted by atomic mass is 28.1. The third-order valence-corrected chi connectivity index (χ3v) is 1.61. The minimum Gasteiger partial charge on any atom is -0.250 e. The summed E-state index contributed by atoms with van der Waals surface area (Å²) in [6.45, 7) is 4.19. The smallest absolute Gasteiger partial charge is 0.0669 e. The van der Waals surface area contributed by atoms with Gasteiger partial charge in [-0.25, -0.2) is 0 Å². The van der Waals surface area contributed by atoms with Gasteiger partial charge in [0.1, 0.15) is 0 Å². The second-order valence-corrected chi connectivity index (χ2v) is 3.46. The molecule has 0 fully saturated rings. The van der Waals surface area contributed by atoms with Crippen LogP contribution in [0.4, 0.5) is 0 Å². The SMILES string of the molecule is CC(C)n1cc([SiH3])nn1. The monoisotopic (exact) mass is 141 g/mol. The summed E-state index contributed by atoms with van der Waals surface area (Å²) in [7, 11) is 0.996. The Bertz CT molecular complexity index is 194. The van der Waals surface area contributed by atoms with Gasteiger partial charge in [-0.1, -0.05) is 5.21 Å². The molecule has 0 saturated heterocycles. The standard InChI is InChI=1S/C5H11N3Si/c1-4(2)8-3-5(9)6-7-8/h3-4H,1-2,9H3. The molecular formula is C5H11N3Si. The summed E-state index contributed by atoms with van der Waals surface area (Å²) in [6, 6.07) is 0.445. The van der Waals surface area contributed by atoms with E-state index in [1.54, 1.807) is 0 Å². The second kappa shape index (κ2) is 2.30. The molecule has 1 aromatic heterocycles. The first-order valence-corrected chi connectivity index (χ1v) is 4.08. The summed E-state index contributed by atoms with van der Waals surface area (Å²) < 4.78 is 1.88. The Labute approximate surface area is 57.5 Å². The van der Waals surface area contributed by atoms with Gasteiger partial charge in [0.15, 0.2) is 0 Å². The molecule has 0 aliphatic heterocycles. The fourth-order valence-electron chi connectivity index (χ4n) is 0.618. The molecule has 0 atom stereocenters. The molecule has 0 amide bonds. The maximum absolute atomic E-state index is 3.92. The van der Waals surface area contributed by atoms with Crippen LogP contribution in [0.1, 0.15) is 19.9 Å². The van der Waals surface area contributed by atoms with E-state index in [1.165, 1.54) is 0 Å². The van der Waals surface area contributed by atoms with Crippen LogP contribution in [0.3, 0.4) is 0 Å². The fraction of sp³-hybridized carbons (Fsp3) is 0.600. The lowest BCUT2D eigenvalue weighted by Gasteiger charge is -2.00. The first-order valence-electron chi connectivity index (χ1n) is 3.08. The molecule has 0 radical (unpaired) electrons. The predicted octanol–water partition coefficient (Wildman–Crippen LogP) is -1.15. The van der Waals surface area contributed by atoms with Gasteiger partial charge < -0.3 is 0 Å². The van der Waals surface area contributed by atoms with Crippen molar-refractivity contribution in [1.29, 1.82) is 0 Å². The number of rotatable bonds is 1. The summed E-state index contributed by atoms with van der Waals surface area (Å²) in [5.74, 6) is 0. The molecule has 0 aliphatic carbocycles. The molecule has 1 heterocycles. The van der Waals surface area contributed by atoms with E-state index < -0.39 is 0 Å². The van der Waals surface area contributed by atoms with Crippen molar-refractivity contribution in [3.8, 4) is 0 Å². The lowest BCUT2D eigenvalue weighted by atomic mass is 10.4. The molecule has 0 saturated carbocycles. The Morgan fingerprint density at radius 2 is 2.33 bits per heavy atom. The minimum atomic E-state index is 0.445. The number of hydrogen-bond acceptors (Lipinski definition) is 2. The van der Waals surface area contributed by atoms with Crippen molar-refractivity contribution >= 4 is 15.6 Å². The topological polar surface area (TPSA) is 30.7 Å². The highest BCUT2D eigenvalue weighted by molar-refractivity contribution is 6.30. The molecular weight excluding hydrogens is 130 g/mol. The van der Waals surface area contributed by atoms with Crippen molar-refractivity contribution in [2.24, 2.45) is 0 Å². The highest BCUT2D eigenvalue weighted by Crippen LogP contribution is 1.95. The van der Waals surface area contributed by atoms with Crippen LogP contribution >= 0.6 is 0 Å². The molecule has 3 nitrogen and oxygen atoms in total. The minimum absolute atomic E-state index is 0.445. The Balaban J connectivity index is 2.85. The van der Waals surface area contributed by atoms with Crippen LogP contribution in [0.25, 0.3) is 0 Å². The molecule has 9 heavy (non-hydrogen) atoms. The van der Waals surface area contributed by atoms with E-state index in [1.807, 2.05) is 10.9 Å². The summed E-state index contributed by atoms with van der Waals surface area (Å²) in [6.07, 6.45) is 2.00. The average molecular weight is 141 g/mol. The molecule has 0 unspecified atom stereocenters. The zero-order valence-corrected chi connectivity index (χ0v) is 8.00. The quantitative estimate of drug-likeness (QED) is 0.462. The highest BCUT2D eigenvalue weighted by Gasteiger charge is 1.97. The molecule has 0 N–H and O–H groups in total. The van der Waals surface area contributed by atoms with Gasteiger partial charge >= 0.3 is 0 Å². The van der Waals surface area contributed by atoms with E-state index >= 15 is 0 Å². The largest absolute Gasteiger partial charge is 0.250 e. The van der Waals surface area contributed by atoms with Gasteiger partial charge in [-0.2, -0.15) is 0 Å². The van der Waals surface area contributed by atoms with Gasteiger partial charge in [0.05, 0.1) is 15.6 Å². The van der Waals surface area contributed by atoms with E-state index in [0.717, 1.165) is 15.6 Å². The maximum Gasteiger partial charge on any atom is 0.0669 e. The first-order chi connectivity index (χ1) is 4.20. The van der Waals surface area contributed by atoms with Crippen LogP contribution in [0.15, 0.2) is 6.20 Å². The molecule has 1 rings (SSSR count). The first kappa shape index (κ1) is 6.48. The van der Waals surface area contributed by atoms with E-state index in [0.29, 0.717) is 6.04 Å². The molecule has 1 aromatic rings. The predicted molar refractivity (Wildman–Crippen MR) is 40.0 cm³/mol. The van der Waals surface area contributed by atoms with Gasteiger partial charge in [0, 0.05) is 12.2 Å². The summed E-state index contributed by atoms with van der Waals surface area (Å²) >= 11 is 0. The van der Waals surface area contributed by atoms with Crippen LogP contribution in [0.5, 0.6) is 0 Å². The van der Waals surface area contributed by atoms with Crippen LogP contribution in [0.2, 0.25) is 0 Å². The third kappa shape index (κ3) is 1.38. The van der Waals surface area contributed by atoms with Gasteiger partial charge in [0.25, 0.3) is 0 Å². The Kier molecular flexibility index (Phi) is 1.66. The van der Waals surface area contributed by atoms with Crippen LogP contribution in [0, 0.1) is 0 Å². The zero-order valence-electron chi connectivity index (χ0n) is 6.00. The van der Waals surface area contributed by atoms with Crippen LogP contribution in [-0.2, 0) is 0 Å². The number of aromatic nitrogens is 3. The van der Waals surface area contributed by atoms with E-state index in [4.69, 9.17) is 0 Å². The zero-order chi connectivity index (χ0) is 6.85. The number of nitrogens with zero attached hydrogens (tertiary/aromatic N) is 3. The van der Waals surface area contributed by atoms with E-state index in [9.17, 15) is 0 Å². The van der Waals surface area contributed by atoms with Crippen LogP contribution < -0.4 is 5.32 Å². The lowest BCUT2D eigenvalue weighted by molar-refractivity contribution is 0.514. The summed E-state index contributed by atoms with van der Waals surface area (Å²) in [4.78, 5) is 0.